The summed E-state index contributed by atoms with van der Waals surface area (Å²) in [5.74, 6) is 0. The highest BCUT2D eigenvalue weighted by molar-refractivity contribution is 7.89. The summed E-state index contributed by atoms with van der Waals surface area (Å²) in [7, 11) is -2.04. The van der Waals surface area contributed by atoms with Gasteiger partial charge in [0.05, 0.1) is 0 Å². The predicted octanol–water partition coefficient (Wildman–Crippen LogP) is 1.67. The zero-order chi connectivity index (χ0) is 15.5. The first-order chi connectivity index (χ1) is 9.95. The number of hydrogen-bond acceptors (Lipinski definition) is 4. The quantitative estimate of drug-likeness (QED) is 0.911. The molecule has 0 saturated heterocycles. The minimum Gasteiger partial charge on any atom is -0.326 e. The maximum atomic E-state index is 12.5. The highest BCUT2D eigenvalue weighted by Crippen LogP contribution is 2.17. The fraction of sp³-hybridized carbons (Fsp3) is 0.267. The van der Waals surface area contributed by atoms with Crippen molar-refractivity contribution < 1.29 is 8.42 Å². The summed E-state index contributed by atoms with van der Waals surface area (Å²) in [6.07, 6.45) is 1.49. The summed E-state index contributed by atoms with van der Waals surface area (Å²) < 4.78 is 26.3. The first-order valence-corrected chi connectivity index (χ1v) is 8.05. The van der Waals surface area contributed by atoms with Gasteiger partial charge in [-0.15, -0.1) is 0 Å². The Morgan fingerprint density at radius 1 is 1.19 bits per heavy atom. The van der Waals surface area contributed by atoms with E-state index in [2.05, 4.69) is 4.98 Å². The first kappa shape index (κ1) is 15.6. The van der Waals surface area contributed by atoms with E-state index in [0.29, 0.717) is 13.1 Å². The third-order valence-electron chi connectivity index (χ3n) is 3.36. The molecule has 2 N–H and O–H groups in total. The van der Waals surface area contributed by atoms with Gasteiger partial charge in [0.2, 0.25) is 0 Å². The Kier molecular flexibility index (Phi) is 4.72. The molecule has 0 aliphatic heterocycles. The highest BCUT2D eigenvalue weighted by Gasteiger charge is 2.22. The Labute approximate surface area is 125 Å². The topological polar surface area (TPSA) is 76.3 Å². The standard InChI is InChI=1S/C15H19N3O2S/c1-12-5-3-4-6-14(12)11-18(2)21(19,20)15-8-7-13(9-16)10-17-15/h3-8,10H,9,11,16H2,1-2H3. The molecule has 0 aliphatic rings. The van der Waals surface area contributed by atoms with E-state index in [0.717, 1.165) is 16.7 Å². The van der Waals surface area contributed by atoms with Crippen molar-refractivity contribution in [3.05, 3.63) is 59.3 Å². The van der Waals surface area contributed by atoms with Gasteiger partial charge >= 0.3 is 0 Å². The third-order valence-corrected chi connectivity index (χ3v) is 5.08. The molecule has 0 atom stereocenters. The van der Waals surface area contributed by atoms with E-state index in [1.807, 2.05) is 31.2 Å². The van der Waals surface area contributed by atoms with E-state index in [-0.39, 0.29) is 5.03 Å². The minimum atomic E-state index is -3.60. The second-order valence-electron chi connectivity index (χ2n) is 4.90. The molecule has 2 rings (SSSR count). The molecule has 0 saturated carbocycles. The second kappa shape index (κ2) is 6.34. The van der Waals surface area contributed by atoms with Gasteiger partial charge in [0, 0.05) is 26.3 Å². The zero-order valence-electron chi connectivity index (χ0n) is 12.2. The lowest BCUT2D eigenvalue weighted by atomic mass is 10.1. The molecule has 112 valence electrons. The van der Waals surface area contributed by atoms with Crippen molar-refractivity contribution in [2.75, 3.05) is 7.05 Å². The zero-order valence-corrected chi connectivity index (χ0v) is 13.0. The van der Waals surface area contributed by atoms with Crippen molar-refractivity contribution in [2.24, 2.45) is 5.73 Å². The van der Waals surface area contributed by atoms with Crippen LogP contribution in [0.4, 0.5) is 0 Å². The molecular formula is C15H19N3O2S. The predicted molar refractivity (Wildman–Crippen MR) is 82.0 cm³/mol. The van der Waals surface area contributed by atoms with E-state index in [1.54, 1.807) is 13.1 Å². The number of nitrogens with two attached hydrogens (primary N) is 1. The van der Waals surface area contributed by atoms with Gasteiger partial charge in [-0.05, 0) is 29.7 Å². The summed E-state index contributed by atoms with van der Waals surface area (Å²) in [6.45, 7) is 2.62. The maximum Gasteiger partial charge on any atom is 0.260 e. The number of pyridine rings is 1. The summed E-state index contributed by atoms with van der Waals surface area (Å²) in [5.41, 5.74) is 8.32. The van der Waals surface area contributed by atoms with E-state index in [4.69, 9.17) is 5.73 Å². The average molecular weight is 305 g/mol. The van der Waals surface area contributed by atoms with E-state index in [9.17, 15) is 8.42 Å². The van der Waals surface area contributed by atoms with Crippen molar-refractivity contribution in [1.82, 2.24) is 9.29 Å². The Morgan fingerprint density at radius 2 is 1.90 bits per heavy atom. The third kappa shape index (κ3) is 3.47. The Hall–Kier alpha value is -1.76. The van der Waals surface area contributed by atoms with Crippen LogP contribution in [0.3, 0.4) is 0 Å². The SMILES string of the molecule is Cc1ccccc1CN(C)S(=O)(=O)c1ccc(CN)cn1. The second-order valence-corrected chi connectivity index (χ2v) is 6.89. The Bertz CT molecular complexity index is 712. The lowest BCUT2D eigenvalue weighted by molar-refractivity contribution is 0.463. The number of rotatable bonds is 5. The van der Waals surface area contributed by atoms with E-state index < -0.39 is 10.0 Å². The van der Waals surface area contributed by atoms with Gasteiger partial charge in [0.25, 0.3) is 10.0 Å². The van der Waals surface area contributed by atoms with Gasteiger partial charge < -0.3 is 5.73 Å². The van der Waals surface area contributed by atoms with Crippen molar-refractivity contribution in [3.63, 3.8) is 0 Å². The fourth-order valence-electron chi connectivity index (χ4n) is 1.96. The van der Waals surface area contributed by atoms with Gasteiger partial charge in [-0.2, -0.15) is 4.31 Å². The lowest BCUT2D eigenvalue weighted by Gasteiger charge is -2.18. The fourth-order valence-corrected chi connectivity index (χ4v) is 3.01. The summed E-state index contributed by atoms with van der Waals surface area (Å²) in [4.78, 5) is 4.00. The van der Waals surface area contributed by atoms with Gasteiger partial charge in [0.15, 0.2) is 5.03 Å². The first-order valence-electron chi connectivity index (χ1n) is 6.61. The molecule has 2 aromatic rings. The van der Waals surface area contributed by atoms with Gasteiger partial charge in [-0.3, -0.25) is 0 Å². The van der Waals surface area contributed by atoms with Crippen LogP contribution >= 0.6 is 0 Å². The molecule has 6 heteroatoms. The summed E-state index contributed by atoms with van der Waals surface area (Å²) >= 11 is 0. The number of aromatic nitrogens is 1. The molecule has 0 unspecified atom stereocenters. The number of benzene rings is 1. The molecule has 1 heterocycles. The van der Waals surface area contributed by atoms with Crippen LogP contribution in [-0.2, 0) is 23.1 Å². The maximum absolute atomic E-state index is 12.5. The van der Waals surface area contributed by atoms with Crippen molar-refractivity contribution in [3.8, 4) is 0 Å². The van der Waals surface area contributed by atoms with Crippen molar-refractivity contribution in [2.45, 2.75) is 25.0 Å². The monoisotopic (exact) mass is 305 g/mol. The van der Waals surface area contributed by atoms with Gasteiger partial charge in [-0.1, -0.05) is 30.3 Å². The van der Waals surface area contributed by atoms with E-state index >= 15 is 0 Å². The molecule has 1 aromatic heterocycles. The lowest BCUT2D eigenvalue weighted by Crippen LogP contribution is -2.27. The summed E-state index contributed by atoms with van der Waals surface area (Å²) in [5, 5.41) is 0.0378. The number of nitrogens with zero attached hydrogens (tertiary/aromatic N) is 2. The summed E-state index contributed by atoms with van der Waals surface area (Å²) in [6, 6.07) is 10.9. The molecule has 5 nitrogen and oxygen atoms in total. The number of hydrogen-bond donors (Lipinski definition) is 1. The molecule has 21 heavy (non-hydrogen) atoms. The normalized spacial score (nSPS) is 11.8. The van der Waals surface area contributed by atoms with E-state index in [1.165, 1.54) is 16.6 Å². The van der Waals surface area contributed by atoms with Crippen molar-refractivity contribution in [1.29, 1.82) is 0 Å². The molecule has 0 fully saturated rings. The number of aryl methyl sites for hydroxylation is 1. The molecule has 0 amide bonds. The van der Waals surface area contributed by atoms with Crippen LogP contribution in [0.15, 0.2) is 47.6 Å². The molecule has 0 spiro atoms. The smallest absolute Gasteiger partial charge is 0.260 e. The largest absolute Gasteiger partial charge is 0.326 e. The molecule has 0 bridgehead atoms. The molecule has 0 aliphatic carbocycles. The Morgan fingerprint density at radius 3 is 2.48 bits per heavy atom. The average Bonchev–Trinajstić information content (AvgIpc) is 2.49. The van der Waals surface area contributed by atoms with Crippen LogP contribution in [-0.4, -0.2) is 24.8 Å². The van der Waals surface area contributed by atoms with Crippen LogP contribution in [0.25, 0.3) is 0 Å². The van der Waals surface area contributed by atoms with Crippen LogP contribution in [0.5, 0.6) is 0 Å². The van der Waals surface area contributed by atoms with Crippen LogP contribution in [0, 0.1) is 6.92 Å². The van der Waals surface area contributed by atoms with Gasteiger partial charge in [0.1, 0.15) is 0 Å². The van der Waals surface area contributed by atoms with Crippen LogP contribution in [0.1, 0.15) is 16.7 Å². The minimum absolute atomic E-state index is 0.0378. The number of sulfonamides is 1. The van der Waals surface area contributed by atoms with Gasteiger partial charge in [-0.25, -0.2) is 13.4 Å². The molecular weight excluding hydrogens is 286 g/mol. The van der Waals surface area contributed by atoms with Crippen molar-refractivity contribution >= 4 is 10.0 Å². The molecule has 1 aromatic carbocycles. The van der Waals surface area contributed by atoms with Crippen LogP contribution in [0.2, 0.25) is 0 Å². The Balaban J connectivity index is 2.24. The van der Waals surface area contributed by atoms with Crippen LogP contribution < -0.4 is 5.73 Å². The highest BCUT2D eigenvalue weighted by atomic mass is 32.2. The molecule has 0 radical (unpaired) electrons.